The van der Waals surface area contributed by atoms with Crippen LogP contribution in [0.2, 0.25) is 10.0 Å². The molecule has 1 fully saturated rings. The Morgan fingerprint density at radius 1 is 1.32 bits per heavy atom. The quantitative estimate of drug-likeness (QED) is 0.202. The maximum atomic E-state index is 12.6. The van der Waals surface area contributed by atoms with Gasteiger partial charge in [-0.15, -0.1) is 0 Å². The lowest BCUT2D eigenvalue weighted by atomic mass is 9.97. The zero-order valence-electron chi connectivity index (χ0n) is 15.8. The maximum Gasteiger partial charge on any atom is 0.342 e. The fourth-order valence-electron chi connectivity index (χ4n) is 2.89. The van der Waals surface area contributed by atoms with Gasteiger partial charge in [-0.25, -0.2) is 4.79 Å². The van der Waals surface area contributed by atoms with Crippen molar-refractivity contribution in [1.82, 2.24) is 0 Å². The Morgan fingerprint density at radius 3 is 2.61 bits per heavy atom. The number of rotatable bonds is 9. The predicted molar refractivity (Wildman–Crippen MR) is 109 cm³/mol. The van der Waals surface area contributed by atoms with Gasteiger partial charge in [0, 0.05) is 28.6 Å². The zero-order valence-corrected chi connectivity index (χ0v) is 17.4. The molecule has 1 aromatic carbocycles. The number of carbonyl (C=O) groups excluding carboxylic acids is 1. The van der Waals surface area contributed by atoms with E-state index in [-0.39, 0.29) is 42.8 Å². The van der Waals surface area contributed by atoms with Gasteiger partial charge in [-0.2, -0.15) is 5.90 Å². The van der Waals surface area contributed by atoms with Crippen molar-refractivity contribution < 1.29 is 23.8 Å². The number of carbonyl (C=O) groups is 1. The van der Waals surface area contributed by atoms with Crippen molar-refractivity contribution in [3.05, 3.63) is 51.7 Å². The van der Waals surface area contributed by atoms with E-state index < -0.39 is 5.97 Å². The highest BCUT2D eigenvalue weighted by atomic mass is 35.5. The summed E-state index contributed by atoms with van der Waals surface area (Å²) in [6.45, 7) is 6.80. The summed E-state index contributed by atoms with van der Waals surface area (Å²) in [5.74, 6) is 5.01. The van der Waals surface area contributed by atoms with Gasteiger partial charge < -0.3 is 19.0 Å². The molecule has 1 unspecified atom stereocenters. The van der Waals surface area contributed by atoms with Gasteiger partial charge in [0.2, 0.25) is 0 Å². The van der Waals surface area contributed by atoms with Gasteiger partial charge >= 0.3 is 5.97 Å². The number of hydrogen-bond acceptors (Lipinski definition) is 6. The summed E-state index contributed by atoms with van der Waals surface area (Å²) in [7, 11) is 0. The van der Waals surface area contributed by atoms with E-state index in [4.69, 9.17) is 48.1 Å². The molecule has 154 valence electrons. The smallest absolute Gasteiger partial charge is 0.342 e. The Morgan fingerprint density at radius 2 is 2.04 bits per heavy atom. The first-order chi connectivity index (χ1) is 13.5. The Kier molecular flexibility index (Phi) is 9.28. The molecule has 0 saturated carbocycles. The molecule has 0 bridgehead atoms. The molecule has 0 spiro atoms. The van der Waals surface area contributed by atoms with Crippen molar-refractivity contribution in [2.75, 3.05) is 19.8 Å². The normalized spacial score (nSPS) is 17.6. The largest absolute Gasteiger partial charge is 0.462 e. The van der Waals surface area contributed by atoms with Crippen LogP contribution in [0, 0.1) is 0 Å². The molecule has 2 N–H and O–H groups in total. The van der Waals surface area contributed by atoms with Crippen LogP contribution in [0.1, 0.15) is 38.2 Å². The van der Waals surface area contributed by atoms with Gasteiger partial charge in [0.05, 0.1) is 13.2 Å². The molecule has 1 aliphatic heterocycles. The minimum absolute atomic E-state index is 0.0764. The summed E-state index contributed by atoms with van der Waals surface area (Å²) in [6, 6.07) is 5.01. The molecule has 1 aliphatic rings. The second-order valence-corrected chi connectivity index (χ2v) is 6.94. The molecule has 1 aromatic rings. The lowest BCUT2D eigenvalue weighted by Crippen LogP contribution is -2.23. The van der Waals surface area contributed by atoms with Crippen LogP contribution in [-0.2, 0) is 23.8 Å². The van der Waals surface area contributed by atoms with Crippen LogP contribution in [0.25, 0.3) is 5.57 Å². The highest BCUT2D eigenvalue weighted by Gasteiger charge is 2.25. The van der Waals surface area contributed by atoms with Gasteiger partial charge in [0.25, 0.3) is 0 Å². The molecule has 0 aliphatic carbocycles. The Labute approximate surface area is 175 Å². The highest BCUT2D eigenvalue weighted by Crippen LogP contribution is 2.36. The molecule has 1 saturated heterocycles. The molecule has 0 aromatic heterocycles. The van der Waals surface area contributed by atoms with Gasteiger partial charge in [-0.1, -0.05) is 35.8 Å². The third kappa shape index (κ3) is 5.96. The summed E-state index contributed by atoms with van der Waals surface area (Å²) >= 11 is 12.5. The van der Waals surface area contributed by atoms with Gasteiger partial charge in [-0.3, -0.25) is 0 Å². The van der Waals surface area contributed by atoms with Crippen molar-refractivity contribution in [2.24, 2.45) is 5.90 Å². The van der Waals surface area contributed by atoms with Crippen LogP contribution < -0.4 is 5.90 Å². The number of ether oxygens (including phenoxy) is 3. The third-order valence-electron chi connectivity index (χ3n) is 4.24. The van der Waals surface area contributed by atoms with E-state index in [1.807, 2.05) is 0 Å². The van der Waals surface area contributed by atoms with Crippen LogP contribution in [0.15, 0.2) is 36.1 Å². The summed E-state index contributed by atoms with van der Waals surface area (Å²) in [5.41, 5.74) is 0.760. The number of benzene rings is 1. The maximum absolute atomic E-state index is 12.6. The van der Waals surface area contributed by atoms with Crippen LogP contribution in [-0.4, -0.2) is 32.1 Å². The molecular weight excluding hydrogens is 405 g/mol. The second-order valence-electron chi connectivity index (χ2n) is 6.13. The van der Waals surface area contributed by atoms with E-state index in [1.165, 1.54) is 0 Å². The van der Waals surface area contributed by atoms with Crippen molar-refractivity contribution in [1.29, 1.82) is 0 Å². The molecule has 8 heteroatoms. The van der Waals surface area contributed by atoms with Crippen molar-refractivity contribution in [2.45, 2.75) is 38.9 Å². The summed E-state index contributed by atoms with van der Waals surface area (Å²) < 4.78 is 16.4. The molecule has 6 nitrogen and oxygen atoms in total. The van der Waals surface area contributed by atoms with Crippen LogP contribution in [0.5, 0.6) is 0 Å². The van der Waals surface area contributed by atoms with Gasteiger partial charge in [0.1, 0.15) is 11.3 Å². The van der Waals surface area contributed by atoms with Crippen LogP contribution in [0.3, 0.4) is 0 Å². The molecule has 0 amide bonds. The SMILES string of the molecule is C=C(/C(C(=O)OCC)=C(/CCOC1CCCCO1)ON)c1c(Cl)cccc1Cl. The first-order valence-electron chi connectivity index (χ1n) is 9.13. The highest BCUT2D eigenvalue weighted by molar-refractivity contribution is 6.38. The molecule has 1 heterocycles. The lowest BCUT2D eigenvalue weighted by molar-refractivity contribution is -0.162. The van der Waals surface area contributed by atoms with Crippen molar-refractivity contribution in [3.63, 3.8) is 0 Å². The van der Waals surface area contributed by atoms with Crippen LogP contribution >= 0.6 is 23.2 Å². The predicted octanol–water partition coefficient (Wildman–Crippen LogP) is 4.65. The minimum Gasteiger partial charge on any atom is -0.462 e. The fourth-order valence-corrected chi connectivity index (χ4v) is 3.51. The van der Waals surface area contributed by atoms with E-state index in [2.05, 4.69) is 6.58 Å². The Bertz CT molecular complexity index is 709. The molecule has 28 heavy (non-hydrogen) atoms. The van der Waals surface area contributed by atoms with E-state index in [1.54, 1.807) is 25.1 Å². The lowest BCUT2D eigenvalue weighted by Gasteiger charge is -2.23. The van der Waals surface area contributed by atoms with E-state index in [9.17, 15) is 4.79 Å². The minimum atomic E-state index is -0.627. The van der Waals surface area contributed by atoms with E-state index in [0.717, 1.165) is 19.3 Å². The average Bonchev–Trinajstić information content (AvgIpc) is 2.68. The third-order valence-corrected chi connectivity index (χ3v) is 4.87. The Hall–Kier alpha value is -1.57. The standard InChI is InChI=1S/C20H25Cl2NO5/c1-3-25-20(24)19(13(2)18-14(21)7-6-8-15(18)22)16(28-23)10-12-27-17-9-4-5-11-26-17/h6-8,17H,2-5,9-12,23H2,1H3/b19-16+. The Balaban J connectivity index is 2.27. The van der Waals surface area contributed by atoms with Gasteiger partial charge in [-0.05, 0) is 43.9 Å². The fraction of sp³-hybridized carbons (Fsp3) is 0.450. The molecule has 2 rings (SSSR count). The molecule has 1 atom stereocenters. The molecular formula is C20H25Cl2NO5. The topological polar surface area (TPSA) is 80.0 Å². The van der Waals surface area contributed by atoms with Crippen molar-refractivity contribution >= 4 is 34.7 Å². The molecule has 0 radical (unpaired) electrons. The summed E-state index contributed by atoms with van der Waals surface area (Å²) in [5, 5.41) is 0.699. The van der Waals surface area contributed by atoms with E-state index >= 15 is 0 Å². The summed E-state index contributed by atoms with van der Waals surface area (Å²) in [6.07, 6.45) is 2.87. The van der Waals surface area contributed by atoms with Gasteiger partial charge in [0.15, 0.2) is 6.29 Å². The number of esters is 1. The first-order valence-corrected chi connectivity index (χ1v) is 9.89. The first kappa shape index (κ1) is 22.7. The second kappa shape index (κ2) is 11.4. The average molecular weight is 430 g/mol. The monoisotopic (exact) mass is 429 g/mol. The number of halogens is 2. The van der Waals surface area contributed by atoms with E-state index in [0.29, 0.717) is 22.2 Å². The van der Waals surface area contributed by atoms with Crippen LogP contribution in [0.4, 0.5) is 0 Å². The number of hydrogen-bond donors (Lipinski definition) is 1. The summed E-state index contributed by atoms with van der Waals surface area (Å²) in [4.78, 5) is 17.6. The number of nitrogens with two attached hydrogens (primary N) is 1. The zero-order chi connectivity index (χ0) is 20.5. The van der Waals surface area contributed by atoms with Crippen molar-refractivity contribution in [3.8, 4) is 0 Å².